The van der Waals surface area contributed by atoms with Crippen molar-refractivity contribution < 1.29 is 24.4 Å². The first-order chi connectivity index (χ1) is 10.6. The topological polar surface area (TPSA) is 68.2 Å². The average molecular weight is 311 g/mol. The van der Waals surface area contributed by atoms with Gasteiger partial charge in [0.2, 0.25) is 0 Å². The maximum Gasteiger partial charge on any atom is 0.106 e. The van der Waals surface area contributed by atoms with Crippen LogP contribution < -0.4 is 0 Å². The molecule has 0 aliphatic heterocycles. The molecule has 125 valence electrons. The van der Waals surface area contributed by atoms with Crippen molar-refractivity contribution in [2.45, 2.75) is 31.7 Å². The number of benzene rings is 1. The van der Waals surface area contributed by atoms with Crippen LogP contribution in [-0.4, -0.2) is 55.0 Å². The van der Waals surface area contributed by atoms with Crippen LogP contribution in [0.3, 0.4) is 0 Å². The molecule has 0 aliphatic rings. The minimum atomic E-state index is -0.917. The van der Waals surface area contributed by atoms with Gasteiger partial charge in [0.25, 0.3) is 0 Å². The summed E-state index contributed by atoms with van der Waals surface area (Å²) in [5.41, 5.74) is 0.137. The van der Waals surface area contributed by atoms with E-state index in [-0.39, 0.29) is 19.8 Å². The predicted molar refractivity (Wildman–Crippen MR) is 84.3 cm³/mol. The Morgan fingerprint density at radius 2 is 1.86 bits per heavy atom. The molecule has 1 radical (unpaired) electrons. The molecule has 1 aromatic carbocycles. The van der Waals surface area contributed by atoms with Crippen molar-refractivity contribution in [1.29, 1.82) is 0 Å². The Labute approximate surface area is 132 Å². The molecule has 2 N–H and O–H groups in total. The van der Waals surface area contributed by atoms with Crippen molar-refractivity contribution in [2.24, 2.45) is 0 Å². The van der Waals surface area contributed by atoms with Gasteiger partial charge in [-0.3, -0.25) is 0 Å². The monoisotopic (exact) mass is 311 g/mol. The smallest absolute Gasteiger partial charge is 0.106 e. The highest BCUT2D eigenvalue weighted by Crippen LogP contribution is 2.20. The molecule has 22 heavy (non-hydrogen) atoms. The first kappa shape index (κ1) is 19.1. The van der Waals surface area contributed by atoms with Crippen LogP contribution in [-0.2, 0) is 20.8 Å². The van der Waals surface area contributed by atoms with Crippen molar-refractivity contribution in [3.8, 4) is 0 Å². The molecule has 2 unspecified atom stereocenters. The van der Waals surface area contributed by atoms with Crippen LogP contribution in [0.1, 0.15) is 18.9 Å². The third kappa shape index (κ3) is 6.85. The van der Waals surface area contributed by atoms with E-state index in [1.807, 2.05) is 37.3 Å². The van der Waals surface area contributed by atoms with Crippen LogP contribution in [0.2, 0.25) is 0 Å². The third-order valence-corrected chi connectivity index (χ3v) is 3.45. The van der Waals surface area contributed by atoms with E-state index in [9.17, 15) is 5.11 Å². The van der Waals surface area contributed by atoms with Crippen LogP contribution >= 0.6 is 0 Å². The van der Waals surface area contributed by atoms with Gasteiger partial charge in [0.15, 0.2) is 0 Å². The van der Waals surface area contributed by atoms with Crippen LogP contribution in [0, 0.1) is 6.92 Å². The summed E-state index contributed by atoms with van der Waals surface area (Å²) in [6.45, 7) is 7.41. The normalized spacial score (nSPS) is 15.5. The van der Waals surface area contributed by atoms with Gasteiger partial charge in [0.05, 0.1) is 45.2 Å². The van der Waals surface area contributed by atoms with E-state index >= 15 is 0 Å². The van der Waals surface area contributed by atoms with Gasteiger partial charge in [-0.25, -0.2) is 0 Å². The molecular weight excluding hydrogens is 284 g/mol. The Kier molecular flexibility index (Phi) is 9.27. The summed E-state index contributed by atoms with van der Waals surface area (Å²) >= 11 is 0. The van der Waals surface area contributed by atoms with Crippen molar-refractivity contribution in [3.63, 3.8) is 0 Å². The molecule has 0 bridgehead atoms. The Morgan fingerprint density at radius 3 is 2.50 bits per heavy atom. The number of hydrogen-bond acceptors (Lipinski definition) is 5. The second kappa shape index (κ2) is 10.7. The minimum Gasteiger partial charge on any atom is -0.394 e. The summed E-state index contributed by atoms with van der Waals surface area (Å²) in [5.74, 6) is 0. The van der Waals surface area contributed by atoms with E-state index in [4.69, 9.17) is 19.3 Å². The zero-order chi connectivity index (χ0) is 16.3. The molecule has 2 atom stereocenters. The molecular formula is C17H27O5. The molecule has 0 aromatic heterocycles. The molecule has 1 rings (SSSR count). The highest BCUT2D eigenvalue weighted by molar-refractivity contribution is 5.13. The fraction of sp³-hybridized carbons (Fsp3) is 0.588. The average Bonchev–Trinajstić information content (AvgIpc) is 2.55. The van der Waals surface area contributed by atoms with Crippen LogP contribution in [0.25, 0.3) is 0 Å². The standard InChI is InChI=1S/C17H27O5/c1-3-17(2,22-12-11-20-10-9-18)16(19)14-21-13-15-7-5-4-6-8-15/h4-8,16,18-19H,2-3,9-14H2,1H3. The van der Waals surface area contributed by atoms with Gasteiger partial charge in [0, 0.05) is 0 Å². The van der Waals surface area contributed by atoms with Gasteiger partial charge in [-0.1, -0.05) is 37.3 Å². The van der Waals surface area contributed by atoms with Crippen molar-refractivity contribution in [1.82, 2.24) is 0 Å². The second-order valence-corrected chi connectivity index (χ2v) is 5.12. The quantitative estimate of drug-likeness (QED) is 0.574. The molecule has 0 amide bonds. The predicted octanol–water partition coefficient (Wildman–Crippen LogP) is 1.57. The van der Waals surface area contributed by atoms with Crippen LogP contribution in [0.5, 0.6) is 0 Å². The summed E-state index contributed by atoms with van der Waals surface area (Å²) in [6, 6.07) is 9.78. The van der Waals surface area contributed by atoms with Crippen molar-refractivity contribution in [3.05, 3.63) is 42.8 Å². The third-order valence-electron chi connectivity index (χ3n) is 3.45. The maximum atomic E-state index is 10.3. The van der Waals surface area contributed by atoms with E-state index in [0.717, 1.165) is 5.56 Å². The highest BCUT2D eigenvalue weighted by Gasteiger charge is 2.32. The molecule has 1 aromatic rings. The Hall–Kier alpha value is -0.980. The lowest BCUT2D eigenvalue weighted by Gasteiger charge is -2.33. The lowest BCUT2D eigenvalue weighted by Crippen LogP contribution is -2.45. The molecule has 0 aliphatic carbocycles. The van der Waals surface area contributed by atoms with Crippen LogP contribution in [0.4, 0.5) is 0 Å². The van der Waals surface area contributed by atoms with E-state index in [1.165, 1.54) is 0 Å². The Morgan fingerprint density at radius 1 is 1.14 bits per heavy atom. The largest absolute Gasteiger partial charge is 0.394 e. The molecule has 0 heterocycles. The van der Waals surface area contributed by atoms with Gasteiger partial charge in [-0.15, -0.1) is 0 Å². The lowest BCUT2D eigenvalue weighted by molar-refractivity contribution is -0.131. The summed E-state index contributed by atoms with van der Waals surface area (Å²) in [5, 5.41) is 18.9. The highest BCUT2D eigenvalue weighted by atomic mass is 16.6. The van der Waals surface area contributed by atoms with Crippen molar-refractivity contribution in [2.75, 3.05) is 33.0 Å². The van der Waals surface area contributed by atoms with E-state index < -0.39 is 11.7 Å². The minimum absolute atomic E-state index is 0.0146. The van der Waals surface area contributed by atoms with Gasteiger partial charge in [-0.05, 0) is 18.9 Å². The molecule has 0 saturated heterocycles. The number of aliphatic hydroxyl groups excluding tert-OH is 2. The molecule has 0 fully saturated rings. The number of aliphatic hydroxyl groups is 2. The van der Waals surface area contributed by atoms with Gasteiger partial charge >= 0.3 is 0 Å². The van der Waals surface area contributed by atoms with E-state index in [0.29, 0.717) is 26.2 Å². The second-order valence-electron chi connectivity index (χ2n) is 5.12. The maximum absolute atomic E-state index is 10.3. The summed E-state index contributed by atoms with van der Waals surface area (Å²) < 4.78 is 16.3. The van der Waals surface area contributed by atoms with Gasteiger partial charge in [0.1, 0.15) is 6.10 Å². The van der Waals surface area contributed by atoms with Gasteiger partial charge < -0.3 is 24.4 Å². The summed E-state index contributed by atoms with van der Waals surface area (Å²) in [6.07, 6.45) is -0.262. The van der Waals surface area contributed by atoms with Crippen LogP contribution in [0.15, 0.2) is 30.3 Å². The molecule has 5 nitrogen and oxygen atoms in total. The zero-order valence-electron chi connectivity index (χ0n) is 13.2. The fourth-order valence-electron chi connectivity index (χ4n) is 1.92. The molecule has 0 spiro atoms. The first-order valence-electron chi connectivity index (χ1n) is 7.60. The SMILES string of the molecule is [CH2]C(CC)(OCCOCCO)C(O)COCc1ccccc1. The Bertz CT molecular complexity index is 384. The molecule has 5 heteroatoms. The van der Waals surface area contributed by atoms with E-state index in [2.05, 4.69) is 6.92 Å². The van der Waals surface area contributed by atoms with E-state index in [1.54, 1.807) is 0 Å². The zero-order valence-corrected chi connectivity index (χ0v) is 13.2. The summed E-state index contributed by atoms with van der Waals surface area (Å²) in [7, 11) is 0. The first-order valence-corrected chi connectivity index (χ1v) is 7.60. The number of rotatable bonds is 12. The Balaban J connectivity index is 2.30. The van der Waals surface area contributed by atoms with Crippen molar-refractivity contribution >= 4 is 0 Å². The fourth-order valence-corrected chi connectivity index (χ4v) is 1.92. The lowest BCUT2D eigenvalue weighted by atomic mass is 9.96. The summed E-state index contributed by atoms with van der Waals surface area (Å²) in [4.78, 5) is 0. The number of ether oxygens (including phenoxy) is 3. The number of hydrogen-bond donors (Lipinski definition) is 2. The van der Waals surface area contributed by atoms with Gasteiger partial charge in [-0.2, -0.15) is 0 Å². The molecule has 0 saturated carbocycles.